The van der Waals surface area contributed by atoms with Gasteiger partial charge in [0.1, 0.15) is 0 Å². The fourth-order valence-corrected chi connectivity index (χ4v) is 4.95. The van der Waals surface area contributed by atoms with Gasteiger partial charge >= 0.3 is 0 Å². The van der Waals surface area contributed by atoms with Gasteiger partial charge < -0.3 is 9.97 Å². The third-order valence-corrected chi connectivity index (χ3v) is 6.27. The fraction of sp³-hybridized carbons (Fsp3) is 0.167. The van der Waals surface area contributed by atoms with Crippen molar-refractivity contribution in [3.63, 3.8) is 0 Å². The molecule has 2 aliphatic heterocycles. The Hall–Kier alpha value is -3.40. The van der Waals surface area contributed by atoms with Crippen molar-refractivity contribution in [1.29, 1.82) is 0 Å². The van der Waals surface area contributed by atoms with Crippen molar-refractivity contribution < 1.29 is 0 Å². The van der Waals surface area contributed by atoms with Gasteiger partial charge in [-0.1, -0.05) is 24.3 Å². The van der Waals surface area contributed by atoms with Crippen molar-refractivity contribution in [3.05, 3.63) is 82.5 Å². The van der Waals surface area contributed by atoms with Gasteiger partial charge in [0.2, 0.25) is 0 Å². The molecule has 0 radical (unpaired) electrons. The number of allylic oxidation sites excluding steroid dienone is 2. The molecule has 5 heterocycles. The van der Waals surface area contributed by atoms with E-state index in [0.29, 0.717) is 11.8 Å². The van der Waals surface area contributed by atoms with Crippen LogP contribution in [0, 0.1) is 0 Å². The number of fused-ring (bicyclic) bond motifs is 8. The van der Waals surface area contributed by atoms with Crippen LogP contribution >= 0.6 is 0 Å². The van der Waals surface area contributed by atoms with Crippen LogP contribution < -0.4 is 0 Å². The molecule has 3 aromatic rings. The van der Waals surface area contributed by atoms with Crippen LogP contribution in [-0.4, -0.2) is 19.9 Å². The van der Waals surface area contributed by atoms with Crippen molar-refractivity contribution in [1.82, 2.24) is 19.9 Å². The summed E-state index contributed by atoms with van der Waals surface area (Å²) < 4.78 is 0. The molecule has 0 fully saturated rings. The molecule has 2 atom stereocenters. The summed E-state index contributed by atoms with van der Waals surface area (Å²) in [6.45, 7) is 0. The second-order valence-electron chi connectivity index (χ2n) is 8.09. The summed E-state index contributed by atoms with van der Waals surface area (Å²) >= 11 is 0. The summed E-state index contributed by atoms with van der Waals surface area (Å²) in [5, 5.41) is 0. The average molecular weight is 362 g/mol. The van der Waals surface area contributed by atoms with Crippen LogP contribution in [-0.2, 0) is 12.8 Å². The van der Waals surface area contributed by atoms with E-state index in [9.17, 15) is 0 Å². The lowest BCUT2D eigenvalue weighted by molar-refractivity contribution is 0.898. The first-order chi connectivity index (χ1) is 13.8. The standard InChI is InChI=1S/C24H18N4/c1-5-19-21-7-8-22(28-21)20-6-2-14-10-18(27-24(14)20)12-16-4-3-15(25-16)11-17-9-13(1)23(19)26-17/h1-8,11-14,25,28H,9-10H2. The van der Waals surface area contributed by atoms with Gasteiger partial charge in [0, 0.05) is 69.3 Å². The Morgan fingerprint density at radius 2 is 1.21 bits per heavy atom. The van der Waals surface area contributed by atoms with Crippen LogP contribution in [0.4, 0.5) is 0 Å². The van der Waals surface area contributed by atoms with Crippen molar-refractivity contribution >= 4 is 34.2 Å². The predicted octanol–water partition coefficient (Wildman–Crippen LogP) is 5.02. The van der Waals surface area contributed by atoms with E-state index in [1.54, 1.807) is 0 Å². The first-order valence-corrected chi connectivity index (χ1v) is 9.88. The van der Waals surface area contributed by atoms with Gasteiger partial charge in [-0.15, -0.1) is 0 Å². The SMILES string of the molecule is C1=CC2Cc3cc4ccc(cc5nc6c(c7ccc([nH]7)c1c2n3)C=CC6C5)[nH]4. The van der Waals surface area contributed by atoms with Crippen LogP contribution in [0.2, 0.25) is 0 Å². The second-order valence-corrected chi connectivity index (χ2v) is 8.09. The summed E-state index contributed by atoms with van der Waals surface area (Å²) in [6, 6.07) is 13.0. The molecule has 2 unspecified atom stereocenters. The number of nitrogens with zero attached hydrogens (tertiary/aromatic N) is 2. The number of nitrogens with one attached hydrogen (secondary N) is 2. The number of aromatic nitrogens is 4. The zero-order valence-corrected chi connectivity index (χ0v) is 15.2. The van der Waals surface area contributed by atoms with Crippen LogP contribution in [0.25, 0.3) is 34.2 Å². The molecule has 2 aliphatic carbocycles. The molecule has 0 amide bonds. The number of aromatic amines is 2. The monoisotopic (exact) mass is 362 g/mol. The maximum atomic E-state index is 4.98. The lowest BCUT2D eigenvalue weighted by atomic mass is 10.1. The molecule has 2 N–H and O–H groups in total. The molecule has 4 nitrogen and oxygen atoms in total. The highest BCUT2D eigenvalue weighted by Crippen LogP contribution is 2.38. The Balaban J connectivity index is 1.62. The first kappa shape index (κ1) is 14.6. The van der Waals surface area contributed by atoms with Crippen LogP contribution in [0.15, 0.2) is 48.6 Å². The molecule has 0 aromatic carbocycles. The highest BCUT2D eigenvalue weighted by atomic mass is 14.8. The topological polar surface area (TPSA) is 57.4 Å². The van der Waals surface area contributed by atoms with Crippen LogP contribution in [0.3, 0.4) is 0 Å². The summed E-state index contributed by atoms with van der Waals surface area (Å²) in [5.74, 6) is 0.785. The minimum atomic E-state index is 0.393. The van der Waals surface area contributed by atoms with Gasteiger partial charge in [-0.3, -0.25) is 9.97 Å². The van der Waals surface area contributed by atoms with E-state index in [1.165, 1.54) is 22.5 Å². The molecule has 8 bridgehead atoms. The Morgan fingerprint density at radius 3 is 1.75 bits per heavy atom. The Labute approximate surface area is 161 Å². The summed E-state index contributed by atoms with van der Waals surface area (Å²) in [6.07, 6.45) is 10.9. The number of H-pyrrole nitrogens is 2. The molecule has 4 heteroatoms. The molecule has 4 aliphatic rings. The van der Waals surface area contributed by atoms with E-state index in [1.807, 2.05) is 0 Å². The van der Waals surface area contributed by atoms with Crippen LogP contribution in [0.1, 0.15) is 45.7 Å². The molecule has 134 valence electrons. The lowest BCUT2D eigenvalue weighted by Crippen LogP contribution is -1.88. The third-order valence-electron chi connectivity index (χ3n) is 6.27. The van der Waals surface area contributed by atoms with Gasteiger partial charge in [0.05, 0.1) is 11.4 Å². The van der Waals surface area contributed by atoms with Crippen LogP contribution in [0.5, 0.6) is 0 Å². The molecule has 0 spiro atoms. The van der Waals surface area contributed by atoms with E-state index in [4.69, 9.17) is 9.97 Å². The number of hydrogen-bond acceptors (Lipinski definition) is 2. The van der Waals surface area contributed by atoms with Crippen molar-refractivity contribution in [2.24, 2.45) is 0 Å². The van der Waals surface area contributed by atoms with Gasteiger partial charge in [-0.2, -0.15) is 0 Å². The second kappa shape index (κ2) is 5.10. The summed E-state index contributed by atoms with van der Waals surface area (Å²) in [4.78, 5) is 17.1. The first-order valence-electron chi connectivity index (χ1n) is 9.88. The Bertz CT molecular complexity index is 1280. The van der Waals surface area contributed by atoms with E-state index in [-0.39, 0.29) is 0 Å². The normalized spacial score (nSPS) is 21.0. The van der Waals surface area contributed by atoms with Gasteiger partial charge in [-0.25, -0.2) is 0 Å². The van der Waals surface area contributed by atoms with E-state index in [0.717, 1.165) is 46.3 Å². The number of hydrogen-bond donors (Lipinski definition) is 2. The van der Waals surface area contributed by atoms with Gasteiger partial charge in [0.15, 0.2) is 0 Å². The number of rotatable bonds is 0. The zero-order chi connectivity index (χ0) is 18.2. The molecular weight excluding hydrogens is 344 g/mol. The molecule has 0 saturated heterocycles. The summed E-state index contributed by atoms with van der Waals surface area (Å²) in [5.41, 5.74) is 11.6. The molecule has 0 saturated carbocycles. The minimum Gasteiger partial charge on any atom is -0.355 e. The fourth-order valence-electron chi connectivity index (χ4n) is 4.95. The maximum Gasteiger partial charge on any atom is 0.0572 e. The van der Waals surface area contributed by atoms with Gasteiger partial charge in [0.25, 0.3) is 0 Å². The smallest absolute Gasteiger partial charge is 0.0572 e. The zero-order valence-electron chi connectivity index (χ0n) is 15.2. The molecule has 28 heavy (non-hydrogen) atoms. The quantitative estimate of drug-likeness (QED) is 0.590. The third kappa shape index (κ3) is 2.00. The molecule has 3 aromatic heterocycles. The van der Waals surface area contributed by atoms with E-state index < -0.39 is 0 Å². The average Bonchev–Trinajstić information content (AvgIpc) is 3.44. The lowest BCUT2D eigenvalue weighted by Gasteiger charge is -1.97. The Morgan fingerprint density at radius 1 is 0.679 bits per heavy atom. The largest absolute Gasteiger partial charge is 0.355 e. The predicted molar refractivity (Wildman–Crippen MR) is 112 cm³/mol. The van der Waals surface area contributed by atoms with E-state index in [2.05, 4.69) is 70.7 Å². The summed E-state index contributed by atoms with van der Waals surface area (Å²) in [7, 11) is 0. The highest BCUT2D eigenvalue weighted by Gasteiger charge is 2.27. The molecular formula is C24H18N4. The van der Waals surface area contributed by atoms with Crippen molar-refractivity contribution in [2.75, 3.05) is 0 Å². The van der Waals surface area contributed by atoms with Gasteiger partial charge in [-0.05, 0) is 36.4 Å². The molecule has 7 rings (SSSR count). The van der Waals surface area contributed by atoms with E-state index >= 15 is 0 Å². The minimum absolute atomic E-state index is 0.393. The van der Waals surface area contributed by atoms with Crippen molar-refractivity contribution in [2.45, 2.75) is 24.7 Å². The maximum absolute atomic E-state index is 4.98. The van der Waals surface area contributed by atoms with Crippen molar-refractivity contribution in [3.8, 4) is 0 Å². The highest BCUT2D eigenvalue weighted by molar-refractivity contribution is 5.82. The Kier molecular flexibility index (Phi) is 2.67.